The third-order valence-electron chi connectivity index (χ3n) is 3.83. The van der Waals surface area contributed by atoms with Crippen molar-refractivity contribution >= 4 is 11.6 Å². The van der Waals surface area contributed by atoms with E-state index >= 15 is 0 Å². The number of nitrogens with one attached hydrogen (secondary N) is 2. The zero-order valence-electron chi connectivity index (χ0n) is 14.5. The predicted molar refractivity (Wildman–Crippen MR) is 100.0 cm³/mol. The van der Waals surface area contributed by atoms with Crippen LogP contribution in [0, 0.1) is 0 Å². The Balaban J connectivity index is 1.55. The van der Waals surface area contributed by atoms with Crippen LogP contribution in [0.2, 0.25) is 0 Å². The molecule has 0 fully saturated rings. The lowest BCUT2D eigenvalue weighted by Gasteiger charge is -2.10. The summed E-state index contributed by atoms with van der Waals surface area (Å²) >= 11 is 0. The normalized spacial score (nSPS) is 10.2. The van der Waals surface area contributed by atoms with Crippen LogP contribution in [0.4, 0.5) is 5.69 Å². The zero-order valence-corrected chi connectivity index (χ0v) is 14.5. The molecule has 0 spiro atoms. The van der Waals surface area contributed by atoms with E-state index in [2.05, 4.69) is 20.6 Å². The number of pyridine rings is 2. The summed E-state index contributed by atoms with van der Waals surface area (Å²) in [6.45, 7) is 0.978. The summed E-state index contributed by atoms with van der Waals surface area (Å²) in [4.78, 5) is 20.7. The Morgan fingerprint density at radius 3 is 2.58 bits per heavy atom. The summed E-state index contributed by atoms with van der Waals surface area (Å²) in [5, 5.41) is 6.08. The molecule has 0 saturated carbocycles. The Hall–Kier alpha value is -3.41. The van der Waals surface area contributed by atoms with Gasteiger partial charge in [-0.15, -0.1) is 0 Å². The lowest BCUT2D eigenvalue weighted by molar-refractivity contribution is 0.0945. The topological polar surface area (TPSA) is 76.1 Å². The van der Waals surface area contributed by atoms with Gasteiger partial charge in [0.05, 0.1) is 31.2 Å². The van der Waals surface area contributed by atoms with Crippen molar-refractivity contribution in [2.45, 2.75) is 13.1 Å². The van der Waals surface area contributed by atoms with Crippen molar-refractivity contribution < 1.29 is 9.53 Å². The van der Waals surface area contributed by atoms with Crippen molar-refractivity contribution in [1.82, 2.24) is 15.3 Å². The number of aromatic nitrogens is 2. The Labute approximate surface area is 152 Å². The average Bonchev–Trinajstić information content (AvgIpc) is 2.72. The second kappa shape index (κ2) is 8.62. The molecule has 0 aliphatic carbocycles. The molecule has 0 saturated heterocycles. The van der Waals surface area contributed by atoms with Crippen LogP contribution in [0.1, 0.15) is 21.7 Å². The molecule has 0 bridgehead atoms. The fourth-order valence-electron chi connectivity index (χ4n) is 2.44. The molecule has 6 heteroatoms. The Morgan fingerprint density at radius 2 is 1.85 bits per heavy atom. The summed E-state index contributed by atoms with van der Waals surface area (Å²) < 4.78 is 5.28. The second-order valence-corrected chi connectivity index (χ2v) is 5.60. The summed E-state index contributed by atoms with van der Waals surface area (Å²) in [6.07, 6.45) is 3.39. The molecule has 0 radical (unpaired) electrons. The van der Waals surface area contributed by atoms with Crippen LogP contribution in [0.3, 0.4) is 0 Å². The van der Waals surface area contributed by atoms with Crippen LogP contribution in [-0.2, 0) is 13.1 Å². The van der Waals surface area contributed by atoms with Gasteiger partial charge in [0, 0.05) is 18.3 Å². The van der Waals surface area contributed by atoms with Crippen molar-refractivity contribution in [2.24, 2.45) is 0 Å². The van der Waals surface area contributed by atoms with Gasteiger partial charge in [-0.25, -0.2) is 4.98 Å². The molecule has 0 atom stereocenters. The molecular formula is C20H20N4O2. The monoisotopic (exact) mass is 348 g/mol. The van der Waals surface area contributed by atoms with Gasteiger partial charge < -0.3 is 15.4 Å². The summed E-state index contributed by atoms with van der Waals surface area (Å²) in [5.74, 6) is 0.516. The molecule has 3 rings (SSSR count). The fraction of sp³-hybridized carbons (Fsp3) is 0.150. The van der Waals surface area contributed by atoms with E-state index in [1.807, 2.05) is 48.5 Å². The largest absolute Gasteiger partial charge is 0.496 e. The number of methoxy groups -OCH3 is 1. The molecule has 26 heavy (non-hydrogen) atoms. The number of carbonyl (C=O) groups is 1. The number of hydrogen-bond acceptors (Lipinski definition) is 5. The minimum absolute atomic E-state index is 0.229. The van der Waals surface area contributed by atoms with Crippen molar-refractivity contribution in [3.63, 3.8) is 0 Å². The van der Waals surface area contributed by atoms with E-state index < -0.39 is 0 Å². The smallest absolute Gasteiger partial charge is 0.270 e. The first-order valence-corrected chi connectivity index (χ1v) is 8.26. The van der Waals surface area contributed by atoms with E-state index in [9.17, 15) is 4.79 Å². The van der Waals surface area contributed by atoms with Gasteiger partial charge in [0.15, 0.2) is 0 Å². The molecule has 0 aliphatic rings. The summed E-state index contributed by atoms with van der Waals surface area (Å²) in [5.41, 5.74) is 3.04. The van der Waals surface area contributed by atoms with Crippen molar-refractivity contribution in [3.05, 3.63) is 83.9 Å². The number of ether oxygens (including phenoxy) is 1. The van der Waals surface area contributed by atoms with Crippen LogP contribution < -0.4 is 15.4 Å². The Kier molecular flexibility index (Phi) is 5.77. The number of benzene rings is 1. The summed E-state index contributed by atoms with van der Waals surface area (Å²) in [6, 6.07) is 16.9. The van der Waals surface area contributed by atoms with Crippen molar-refractivity contribution in [2.75, 3.05) is 12.4 Å². The van der Waals surface area contributed by atoms with Gasteiger partial charge in [-0.05, 0) is 30.3 Å². The molecule has 1 amide bonds. The highest BCUT2D eigenvalue weighted by molar-refractivity contribution is 5.92. The first-order valence-electron chi connectivity index (χ1n) is 8.26. The molecular weight excluding hydrogens is 328 g/mol. The molecule has 0 unspecified atom stereocenters. The number of amides is 1. The molecule has 1 aromatic carbocycles. The highest BCUT2D eigenvalue weighted by Gasteiger charge is 2.09. The van der Waals surface area contributed by atoms with E-state index in [4.69, 9.17) is 4.74 Å². The maximum atomic E-state index is 12.3. The van der Waals surface area contributed by atoms with Gasteiger partial charge in [-0.3, -0.25) is 9.78 Å². The highest BCUT2D eigenvalue weighted by atomic mass is 16.5. The lowest BCUT2D eigenvalue weighted by atomic mass is 10.2. The number of nitrogens with zero attached hydrogens (tertiary/aromatic N) is 2. The number of anilines is 1. The van der Waals surface area contributed by atoms with E-state index in [1.54, 1.807) is 25.6 Å². The molecule has 0 aliphatic heterocycles. The second-order valence-electron chi connectivity index (χ2n) is 5.60. The van der Waals surface area contributed by atoms with Crippen LogP contribution in [-0.4, -0.2) is 23.0 Å². The molecule has 6 nitrogen and oxygen atoms in total. The minimum atomic E-state index is -0.229. The first kappa shape index (κ1) is 17.4. The average molecular weight is 348 g/mol. The van der Waals surface area contributed by atoms with Crippen LogP contribution in [0.15, 0.2) is 67.0 Å². The van der Waals surface area contributed by atoms with Gasteiger partial charge >= 0.3 is 0 Å². The van der Waals surface area contributed by atoms with E-state index in [1.165, 1.54) is 0 Å². The van der Waals surface area contributed by atoms with Crippen LogP contribution >= 0.6 is 0 Å². The van der Waals surface area contributed by atoms with E-state index in [-0.39, 0.29) is 5.91 Å². The number of carbonyl (C=O) groups excluding carboxylic acids is 1. The highest BCUT2D eigenvalue weighted by Crippen LogP contribution is 2.17. The van der Waals surface area contributed by atoms with E-state index in [0.29, 0.717) is 18.8 Å². The van der Waals surface area contributed by atoms with Crippen molar-refractivity contribution in [1.29, 1.82) is 0 Å². The third-order valence-corrected chi connectivity index (χ3v) is 3.83. The molecule has 132 valence electrons. The molecule has 3 aromatic rings. The van der Waals surface area contributed by atoms with Crippen LogP contribution in [0.5, 0.6) is 5.75 Å². The maximum absolute atomic E-state index is 12.3. The van der Waals surface area contributed by atoms with Gasteiger partial charge in [-0.2, -0.15) is 0 Å². The standard InChI is InChI=1S/C20H20N4O2/c1-26-19-8-3-2-6-15(19)12-24-20(25)18-10-9-17(14-23-18)22-13-16-7-4-5-11-21-16/h2-11,14,22H,12-13H2,1H3,(H,24,25). The minimum Gasteiger partial charge on any atom is -0.496 e. The number of rotatable bonds is 7. The predicted octanol–water partition coefficient (Wildman–Crippen LogP) is 3.03. The van der Waals surface area contributed by atoms with Gasteiger partial charge in [0.2, 0.25) is 0 Å². The van der Waals surface area contributed by atoms with E-state index in [0.717, 1.165) is 22.7 Å². The quantitative estimate of drug-likeness (QED) is 0.686. The van der Waals surface area contributed by atoms with Crippen molar-refractivity contribution in [3.8, 4) is 5.75 Å². The van der Waals surface area contributed by atoms with Gasteiger partial charge in [0.25, 0.3) is 5.91 Å². The number of hydrogen-bond donors (Lipinski definition) is 2. The molecule has 2 N–H and O–H groups in total. The third kappa shape index (κ3) is 4.57. The SMILES string of the molecule is COc1ccccc1CNC(=O)c1ccc(NCc2ccccn2)cn1. The summed E-state index contributed by atoms with van der Waals surface area (Å²) in [7, 11) is 1.61. The van der Waals surface area contributed by atoms with Crippen LogP contribution in [0.25, 0.3) is 0 Å². The lowest BCUT2D eigenvalue weighted by Crippen LogP contribution is -2.24. The first-order chi connectivity index (χ1) is 12.8. The molecule has 2 heterocycles. The molecule has 2 aromatic heterocycles. The fourth-order valence-corrected chi connectivity index (χ4v) is 2.44. The Bertz CT molecular complexity index is 851. The zero-order chi connectivity index (χ0) is 18.2. The van der Waals surface area contributed by atoms with Gasteiger partial charge in [0.1, 0.15) is 11.4 Å². The maximum Gasteiger partial charge on any atom is 0.270 e. The Morgan fingerprint density at radius 1 is 1.00 bits per heavy atom. The number of para-hydroxylation sites is 1. The van der Waals surface area contributed by atoms with Gasteiger partial charge in [-0.1, -0.05) is 24.3 Å².